The van der Waals surface area contributed by atoms with Crippen LogP contribution < -0.4 is 19.5 Å². The molecule has 28 heavy (non-hydrogen) atoms. The maximum Gasteiger partial charge on any atom is 0.280 e. The van der Waals surface area contributed by atoms with E-state index in [1.54, 1.807) is 36.1 Å². The zero-order chi connectivity index (χ0) is 20.1. The molecule has 2 N–H and O–H groups in total. The van der Waals surface area contributed by atoms with Crippen molar-refractivity contribution >= 4 is 21.8 Å². The van der Waals surface area contributed by atoms with Gasteiger partial charge in [0.25, 0.3) is 10.2 Å². The largest absolute Gasteiger partial charge is 0.454 e. The number of fused-ring (bicyclic) bond motifs is 1. The smallest absolute Gasteiger partial charge is 0.280 e. The van der Waals surface area contributed by atoms with Crippen LogP contribution in [0.4, 0.5) is 5.69 Å². The fraction of sp³-hybridized carbons (Fsp3) is 0.412. The fourth-order valence-electron chi connectivity index (χ4n) is 3.37. The molecule has 1 saturated heterocycles. The highest BCUT2D eigenvalue weighted by molar-refractivity contribution is 7.87. The molecular weight excluding hydrogens is 386 g/mol. The molecule has 2 aromatic rings. The van der Waals surface area contributed by atoms with Crippen molar-refractivity contribution < 1.29 is 22.7 Å². The molecule has 2 aliphatic rings. The number of benzene rings is 1. The topological polar surface area (TPSA) is 115 Å². The van der Waals surface area contributed by atoms with Crippen LogP contribution in [0.2, 0.25) is 0 Å². The minimum absolute atomic E-state index is 0.133. The first kappa shape index (κ1) is 18.7. The molecule has 1 aromatic carbocycles. The summed E-state index contributed by atoms with van der Waals surface area (Å²) in [6, 6.07) is 3.62. The third-order valence-corrected chi connectivity index (χ3v) is 6.75. The Morgan fingerprint density at radius 3 is 2.75 bits per heavy atom. The minimum Gasteiger partial charge on any atom is -0.454 e. The van der Waals surface area contributed by atoms with E-state index in [-0.39, 0.29) is 13.2 Å². The van der Waals surface area contributed by atoms with E-state index in [0.29, 0.717) is 17.2 Å². The summed E-state index contributed by atoms with van der Waals surface area (Å²) in [5, 5.41) is 6.94. The Balaban J connectivity index is 1.58. The van der Waals surface area contributed by atoms with Crippen LogP contribution in [0.25, 0.3) is 0 Å². The van der Waals surface area contributed by atoms with E-state index in [0.717, 1.165) is 15.6 Å². The third-order valence-electron chi connectivity index (χ3n) is 5.16. The second-order valence-corrected chi connectivity index (χ2v) is 8.57. The standard InChI is InChI=1S/C17H21N5O5S/c1-10-12(8-18-21(10)2)13-7-14(22(3)28(24,25)20-13)17(23)19-11-4-5-15-16(6-11)27-9-26-15/h4-6,8,13-14,20H,7,9H2,1-3H3,(H,19,23). The van der Waals surface area contributed by atoms with E-state index in [9.17, 15) is 13.2 Å². The number of nitrogens with one attached hydrogen (secondary N) is 2. The summed E-state index contributed by atoms with van der Waals surface area (Å²) in [6.07, 6.45) is 1.90. The lowest BCUT2D eigenvalue weighted by atomic mass is 10.00. The molecule has 150 valence electrons. The monoisotopic (exact) mass is 407 g/mol. The summed E-state index contributed by atoms with van der Waals surface area (Å²) in [6.45, 7) is 1.99. The number of anilines is 1. The molecule has 0 bridgehead atoms. The number of likely N-dealkylation sites (N-methyl/N-ethyl adjacent to an activating group) is 1. The SMILES string of the molecule is Cc1c(C2CC(C(=O)Nc3ccc4c(c3)OCO4)N(C)S(=O)(=O)N2)cnn1C. The molecule has 2 unspecified atom stereocenters. The van der Waals surface area contributed by atoms with Gasteiger partial charge in [-0.15, -0.1) is 0 Å². The molecule has 0 saturated carbocycles. The van der Waals surface area contributed by atoms with Gasteiger partial charge in [-0.3, -0.25) is 9.48 Å². The summed E-state index contributed by atoms with van der Waals surface area (Å²) in [5.41, 5.74) is 2.10. The van der Waals surface area contributed by atoms with Crippen LogP contribution in [0.3, 0.4) is 0 Å². The highest BCUT2D eigenvalue weighted by Crippen LogP contribution is 2.35. The molecular formula is C17H21N5O5S. The molecule has 4 rings (SSSR count). The number of carbonyl (C=O) groups is 1. The molecule has 11 heteroatoms. The second kappa shape index (κ2) is 6.76. The molecule has 3 heterocycles. The van der Waals surface area contributed by atoms with Crippen LogP contribution in [-0.4, -0.2) is 48.3 Å². The van der Waals surface area contributed by atoms with Gasteiger partial charge in [0.2, 0.25) is 12.7 Å². The van der Waals surface area contributed by atoms with Crippen LogP contribution in [-0.2, 0) is 22.1 Å². The molecule has 2 atom stereocenters. The highest BCUT2D eigenvalue weighted by atomic mass is 32.2. The Labute approximate surface area is 162 Å². The molecule has 0 spiro atoms. The Kier molecular flexibility index (Phi) is 4.52. The van der Waals surface area contributed by atoms with Crippen molar-refractivity contribution in [3.8, 4) is 11.5 Å². The molecule has 10 nitrogen and oxygen atoms in total. The van der Waals surface area contributed by atoms with Gasteiger partial charge in [-0.25, -0.2) is 0 Å². The second-order valence-electron chi connectivity index (χ2n) is 6.81. The number of rotatable bonds is 3. The van der Waals surface area contributed by atoms with Crippen molar-refractivity contribution in [1.82, 2.24) is 18.8 Å². The van der Waals surface area contributed by atoms with Gasteiger partial charge in [0.15, 0.2) is 11.5 Å². The number of nitrogens with zero attached hydrogens (tertiary/aromatic N) is 3. The predicted octanol–water partition coefficient (Wildman–Crippen LogP) is 0.676. The summed E-state index contributed by atoms with van der Waals surface area (Å²) in [7, 11) is -0.650. The number of ether oxygens (including phenoxy) is 2. The summed E-state index contributed by atoms with van der Waals surface area (Å²) < 4.78 is 41.1. The van der Waals surface area contributed by atoms with Gasteiger partial charge in [-0.05, 0) is 25.5 Å². The molecule has 0 aliphatic carbocycles. The van der Waals surface area contributed by atoms with Gasteiger partial charge < -0.3 is 14.8 Å². The normalized spacial score (nSPS) is 23.5. The van der Waals surface area contributed by atoms with Gasteiger partial charge in [-0.1, -0.05) is 0 Å². The van der Waals surface area contributed by atoms with Crippen molar-refractivity contribution in [3.63, 3.8) is 0 Å². The van der Waals surface area contributed by atoms with Gasteiger partial charge >= 0.3 is 0 Å². The van der Waals surface area contributed by atoms with Gasteiger partial charge in [0.05, 0.1) is 12.2 Å². The lowest BCUT2D eigenvalue weighted by Crippen LogP contribution is -2.56. The maximum absolute atomic E-state index is 12.9. The van der Waals surface area contributed by atoms with Crippen LogP contribution in [0.15, 0.2) is 24.4 Å². The number of aromatic nitrogens is 2. The average molecular weight is 407 g/mol. The Morgan fingerprint density at radius 2 is 2.04 bits per heavy atom. The summed E-state index contributed by atoms with van der Waals surface area (Å²) in [5.74, 6) is 0.720. The van der Waals surface area contributed by atoms with Gasteiger partial charge in [0.1, 0.15) is 6.04 Å². The van der Waals surface area contributed by atoms with Crippen LogP contribution in [0, 0.1) is 6.92 Å². The number of hydrogen-bond acceptors (Lipinski definition) is 6. The van der Waals surface area contributed by atoms with E-state index >= 15 is 0 Å². The summed E-state index contributed by atoms with van der Waals surface area (Å²) in [4.78, 5) is 12.9. The number of aryl methyl sites for hydroxylation is 1. The quantitative estimate of drug-likeness (QED) is 0.773. The van der Waals surface area contributed by atoms with Gasteiger partial charge in [-0.2, -0.15) is 22.5 Å². The molecule has 1 fully saturated rings. The van der Waals surface area contributed by atoms with E-state index in [2.05, 4.69) is 15.1 Å². The van der Waals surface area contributed by atoms with E-state index in [1.807, 2.05) is 6.92 Å². The Morgan fingerprint density at radius 1 is 1.29 bits per heavy atom. The van der Waals surface area contributed by atoms with Crippen molar-refractivity contribution in [2.24, 2.45) is 7.05 Å². The van der Waals surface area contributed by atoms with E-state index in [1.165, 1.54) is 7.05 Å². The first-order valence-corrected chi connectivity index (χ1v) is 10.1. The highest BCUT2D eigenvalue weighted by Gasteiger charge is 2.41. The molecule has 1 amide bonds. The van der Waals surface area contributed by atoms with Crippen molar-refractivity contribution in [2.75, 3.05) is 19.2 Å². The van der Waals surface area contributed by atoms with Crippen LogP contribution in [0.1, 0.15) is 23.7 Å². The van der Waals surface area contributed by atoms with Crippen molar-refractivity contribution in [3.05, 3.63) is 35.7 Å². The first-order valence-electron chi connectivity index (χ1n) is 8.70. The fourth-order valence-corrected chi connectivity index (χ4v) is 4.64. The molecule has 1 aromatic heterocycles. The van der Waals surface area contributed by atoms with E-state index in [4.69, 9.17) is 9.47 Å². The zero-order valence-corrected chi connectivity index (χ0v) is 16.5. The zero-order valence-electron chi connectivity index (χ0n) is 15.7. The van der Waals surface area contributed by atoms with Crippen LogP contribution >= 0.6 is 0 Å². The number of amides is 1. The lowest BCUT2D eigenvalue weighted by molar-refractivity contribution is -0.120. The maximum atomic E-state index is 12.9. The van der Waals surface area contributed by atoms with Crippen molar-refractivity contribution in [1.29, 1.82) is 0 Å². The Hall–Kier alpha value is -2.63. The van der Waals surface area contributed by atoms with Crippen LogP contribution in [0.5, 0.6) is 11.5 Å². The predicted molar refractivity (Wildman–Crippen MR) is 100 cm³/mol. The Bertz CT molecular complexity index is 1030. The van der Waals surface area contributed by atoms with E-state index < -0.39 is 28.2 Å². The minimum atomic E-state index is -3.82. The number of hydrogen-bond donors (Lipinski definition) is 2. The number of carbonyl (C=O) groups excluding carboxylic acids is 1. The molecule has 0 radical (unpaired) electrons. The van der Waals surface area contributed by atoms with Crippen molar-refractivity contribution in [2.45, 2.75) is 25.4 Å². The average Bonchev–Trinajstić information content (AvgIpc) is 3.24. The van der Waals surface area contributed by atoms with Gasteiger partial charge in [0, 0.05) is 37.1 Å². The summed E-state index contributed by atoms with van der Waals surface area (Å²) >= 11 is 0. The first-order chi connectivity index (χ1) is 13.3. The molecule has 2 aliphatic heterocycles. The lowest BCUT2D eigenvalue weighted by Gasteiger charge is -2.36. The third kappa shape index (κ3) is 3.21.